The topological polar surface area (TPSA) is 90.9 Å². The lowest BCUT2D eigenvalue weighted by atomic mass is 10.2. The number of benzene rings is 1. The molecule has 0 spiro atoms. The average molecular weight is 363 g/mol. The third-order valence-corrected chi connectivity index (χ3v) is 3.89. The van der Waals surface area contributed by atoms with Crippen molar-refractivity contribution in [3.05, 3.63) is 28.5 Å². The minimum absolute atomic E-state index is 0.114. The molecule has 6 nitrogen and oxygen atoms in total. The van der Waals surface area contributed by atoms with E-state index in [0.717, 1.165) is 0 Å². The second-order valence-electron chi connectivity index (χ2n) is 4.44. The largest absolute Gasteiger partial charge is 0.294 e. The molecule has 2 N–H and O–H groups in total. The fourth-order valence-electron chi connectivity index (χ4n) is 1.79. The Balaban J connectivity index is 2.76. The van der Waals surface area contributed by atoms with Crippen LogP contribution in [0.3, 0.4) is 0 Å². The standard InChI is InChI=1S/C11H12BrFN4O2S/c1-6(2)17-10(15-16-11(17)20(14,18)19)8-5-7(12)3-4-9(8)13/h3-6H,1-2H3,(H2,14,18,19). The molecule has 0 saturated heterocycles. The number of rotatable bonds is 3. The van der Waals surface area contributed by atoms with E-state index in [2.05, 4.69) is 26.1 Å². The van der Waals surface area contributed by atoms with E-state index in [1.807, 2.05) is 0 Å². The van der Waals surface area contributed by atoms with Gasteiger partial charge in [0.25, 0.3) is 15.2 Å². The fourth-order valence-corrected chi connectivity index (χ4v) is 2.88. The van der Waals surface area contributed by atoms with E-state index in [1.54, 1.807) is 13.8 Å². The van der Waals surface area contributed by atoms with Crippen molar-refractivity contribution in [2.75, 3.05) is 0 Å². The van der Waals surface area contributed by atoms with E-state index >= 15 is 0 Å². The SMILES string of the molecule is CC(C)n1c(-c2cc(Br)ccc2F)nnc1S(N)(=O)=O. The molecule has 0 aliphatic rings. The highest BCUT2D eigenvalue weighted by Crippen LogP contribution is 2.28. The highest BCUT2D eigenvalue weighted by molar-refractivity contribution is 9.10. The zero-order valence-corrected chi connectivity index (χ0v) is 13.1. The molecule has 20 heavy (non-hydrogen) atoms. The van der Waals surface area contributed by atoms with Crippen LogP contribution in [0, 0.1) is 5.82 Å². The Morgan fingerprint density at radius 3 is 2.55 bits per heavy atom. The van der Waals surface area contributed by atoms with E-state index < -0.39 is 15.8 Å². The number of aromatic nitrogens is 3. The van der Waals surface area contributed by atoms with E-state index in [9.17, 15) is 12.8 Å². The molecule has 0 amide bonds. The number of hydrogen-bond donors (Lipinski definition) is 1. The van der Waals surface area contributed by atoms with Crippen molar-refractivity contribution < 1.29 is 12.8 Å². The smallest absolute Gasteiger partial charge is 0.273 e. The first-order chi connectivity index (χ1) is 9.21. The van der Waals surface area contributed by atoms with Gasteiger partial charge in [-0.15, -0.1) is 10.2 Å². The van der Waals surface area contributed by atoms with Crippen LogP contribution in [0.4, 0.5) is 4.39 Å². The summed E-state index contributed by atoms with van der Waals surface area (Å²) in [5.41, 5.74) is 0.149. The van der Waals surface area contributed by atoms with Gasteiger partial charge < -0.3 is 0 Å². The average Bonchev–Trinajstić information content (AvgIpc) is 2.76. The van der Waals surface area contributed by atoms with Crippen LogP contribution in [-0.2, 0) is 10.0 Å². The van der Waals surface area contributed by atoms with Gasteiger partial charge in [-0.3, -0.25) is 4.57 Å². The van der Waals surface area contributed by atoms with Gasteiger partial charge in [-0.1, -0.05) is 15.9 Å². The monoisotopic (exact) mass is 362 g/mol. The maximum absolute atomic E-state index is 13.9. The van der Waals surface area contributed by atoms with Gasteiger partial charge in [0.2, 0.25) is 0 Å². The van der Waals surface area contributed by atoms with Crippen molar-refractivity contribution in [3.63, 3.8) is 0 Å². The lowest BCUT2D eigenvalue weighted by Crippen LogP contribution is -2.20. The van der Waals surface area contributed by atoms with E-state index in [4.69, 9.17) is 5.14 Å². The van der Waals surface area contributed by atoms with Crippen LogP contribution >= 0.6 is 15.9 Å². The molecule has 0 radical (unpaired) electrons. The molecule has 0 fully saturated rings. The summed E-state index contributed by atoms with van der Waals surface area (Å²) in [6, 6.07) is 4.00. The molecule has 0 atom stereocenters. The molecule has 0 aliphatic heterocycles. The second kappa shape index (κ2) is 5.23. The van der Waals surface area contributed by atoms with E-state index in [1.165, 1.54) is 22.8 Å². The first-order valence-corrected chi connectivity index (χ1v) is 7.99. The summed E-state index contributed by atoms with van der Waals surface area (Å²) in [6.07, 6.45) is 0. The Bertz CT molecular complexity index is 758. The van der Waals surface area contributed by atoms with E-state index in [0.29, 0.717) is 4.47 Å². The Hall–Kier alpha value is -1.32. The normalized spacial score (nSPS) is 12.1. The lowest BCUT2D eigenvalue weighted by Gasteiger charge is -2.13. The third-order valence-electron chi connectivity index (χ3n) is 2.60. The number of primary sulfonamides is 1. The third kappa shape index (κ3) is 2.74. The van der Waals surface area contributed by atoms with Crippen molar-refractivity contribution in [2.24, 2.45) is 5.14 Å². The van der Waals surface area contributed by atoms with Gasteiger partial charge in [0.1, 0.15) is 5.82 Å². The molecule has 0 unspecified atom stereocenters. The van der Waals surface area contributed by atoms with Crippen LogP contribution in [0.2, 0.25) is 0 Å². The summed E-state index contributed by atoms with van der Waals surface area (Å²) in [5, 5.41) is 12.1. The van der Waals surface area contributed by atoms with Crippen LogP contribution in [0.25, 0.3) is 11.4 Å². The number of halogens is 2. The van der Waals surface area contributed by atoms with E-state index in [-0.39, 0.29) is 22.6 Å². The Labute approximate surface area is 124 Å². The summed E-state index contributed by atoms with van der Waals surface area (Å²) >= 11 is 3.23. The van der Waals surface area contributed by atoms with Crippen molar-refractivity contribution in [1.29, 1.82) is 0 Å². The molecule has 0 aliphatic carbocycles. The van der Waals surface area contributed by atoms with Gasteiger partial charge in [0, 0.05) is 10.5 Å². The minimum atomic E-state index is -4.03. The van der Waals surface area contributed by atoms with Crippen molar-refractivity contribution in [2.45, 2.75) is 25.0 Å². The molecule has 1 aromatic carbocycles. The Morgan fingerprint density at radius 2 is 2.00 bits per heavy atom. The number of hydrogen-bond acceptors (Lipinski definition) is 4. The number of nitrogens with zero attached hydrogens (tertiary/aromatic N) is 3. The summed E-state index contributed by atoms with van der Waals surface area (Å²) in [7, 11) is -4.03. The molecule has 108 valence electrons. The lowest BCUT2D eigenvalue weighted by molar-refractivity contribution is 0.523. The van der Waals surface area contributed by atoms with Crippen molar-refractivity contribution in [3.8, 4) is 11.4 Å². The first-order valence-electron chi connectivity index (χ1n) is 5.65. The number of nitrogens with two attached hydrogens (primary N) is 1. The molecule has 0 saturated carbocycles. The van der Waals surface area contributed by atoms with Crippen LogP contribution in [0.1, 0.15) is 19.9 Å². The molecule has 1 heterocycles. The summed E-state index contributed by atoms with van der Waals surface area (Å²) in [6.45, 7) is 3.47. The highest BCUT2D eigenvalue weighted by Gasteiger charge is 2.25. The Morgan fingerprint density at radius 1 is 1.35 bits per heavy atom. The van der Waals surface area contributed by atoms with Crippen LogP contribution in [0.15, 0.2) is 27.8 Å². The summed E-state index contributed by atoms with van der Waals surface area (Å²) in [4.78, 5) is 0. The van der Waals surface area contributed by atoms with Crippen LogP contribution in [0.5, 0.6) is 0 Å². The molecule has 9 heteroatoms. The van der Waals surface area contributed by atoms with Gasteiger partial charge in [-0.05, 0) is 32.0 Å². The first kappa shape index (κ1) is 15.1. The molecular weight excluding hydrogens is 351 g/mol. The van der Waals surface area contributed by atoms with Gasteiger partial charge in [0.05, 0.1) is 5.56 Å². The fraction of sp³-hybridized carbons (Fsp3) is 0.273. The molecule has 1 aromatic heterocycles. The molecular formula is C11H12BrFN4O2S. The minimum Gasteiger partial charge on any atom is -0.294 e. The van der Waals surface area contributed by atoms with Crippen LogP contribution in [-0.4, -0.2) is 23.2 Å². The van der Waals surface area contributed by atoms with Gasteiger partial charge in [-0.25, -0.2) is 17.9 Å². The molecule has 2 aromatic rings. The molecule has 2 rings (SSSR count). The maximum atomic E-state index is 13.9. The van der Waals surface area contributed by atoms with Gasteiger partial charge in [0.15, 0.2) is 5.82 Å². The quantitative estimate of drug-likeness (QED) is 0.904. The molecule has 0 bridgehead atoms. The van der Waals surface area contributed by atoms with Crippen molar-refractivity contribution >= 4 is 26.0 Å². The van der Waals surface area contributed by atoms with Crippen LogP contribution < -0.4 is 5.14 Å². The highest BCUT2D eigenvalue weighted by atomic mass is 79.9. The van der Waals surface area contributed by atoms with Gasteiger partial charge in [-0.2, -0.15) is 0 Å². The Kier molecular flexibility index (Phi) is 3.94. The maximum Gasteiger partial charge on any atom is 0.273 e. The van der Waals surface area contributed by atoms with Crippen molar-refractivity contribution in [1.82, 2.24) is 14.8 Å². The number of sulfonamides is 1. The summed E-state index contributed by atoms with van der Waals surface area (Å²) < 4.78 is 38.9. The predicted octanol–water partition coefficient (Wildman–Crippen LogP) is 2.07. The van der Waals surface area contributed by atoms with Gasteiger partial charge >= 0.3 is 0 Å². The zero-order valence-electron chi connectivity index (χ0n) is 10.7. The summed E-state index contributed by atoms with van der Waals surface area (Å²) in [5.74, 6) is -0.411. The predicted molar refractivity (Wildman–Crippen MR) is 74.9 cm³/mol. The second-order valence-corrected chi connectivity index (χ2v) is 6.81. The zero-order chi connectivity index (χ0) is 15.1.